The molecule has 0 atom stereocenters. The van der Waals surface area contributed by atoms with E-state index in [0.29, 0.717) is 6.54 Å². The molecule has 3 heterocycles. The highest BCUT2D eigenvalue weighted by molar-refractivity contribution is 5.94. The van der Waals surface area contributed by atoms with Gasteiger partial charge in [0.25, 0.3) is 5.91 Å². The summed E-state index contributed by atoms with van der Waals surface area (Å²) in [5.74, 6) is 2.01. The van der Waals surface area contributed by atoms with E-state index in [-0.39, 0.29) is 5.91 Å². The highest BCUT2D eigenvalue weighted by Crippen LogP contribution is 2.29. The fraction of sp³-hybridized carbons (Fsp3) is 0.560. The molecular formula is C25H34N4O. The van der Waals surface area contributed by atoms with Crippen molar-refractivity contribution in [3.05, 3.63) is 52.5 Å². The smallest absolute Gasteiger partial charge is 0.254 e. The van der Waals surface area contributed by atoms with Crippen LogP contribution in [0.1, 0.15) is 78.5 Å². The Hall–Kier alpha value is -2.43. The zero-order chi connectivity index (χ0) is 20.9. The molecule has 2 aliphatic rings. The molecule has 0 unspecified atom stereocenters. The fourth-order valence-electron chi connectivity index (χ4n) is 4.63. The number of rotatable bonds is 7. The second-order valence-corrected chi connectivity index (χ2v) is 8.70. The average molecular weight is 407 g/mol. The van der Waals surface area contributed by atoms with Crippen LogP contribution in [0.2, 0.25) is 0 Å². The van der Waals surface area contributed by atoms with E-state index in [1.54, 1.807) is 0 Å². The Morgan fingerprint density at radius 3 is 2.50 bits per heavy atom. The van der Waals surface area contributed by atoms with Crippen LogP contribution in [0.25, 0.3) is 0 Å². The standard InChI is InChI=1S/C25H34N4O/c1-3-4-5-6-9-20-10-12-21(13-11-20)25(30)29-17-14-23-22(18-29)24(27-19(2)26-23)28-15-7-8-16-28/h10-13H,3-9,14-18H2,1-2H3. The molecule has 30 heavy (non-hydrogen) atoms. The number of aromatic nitrogens is 2. The van der Waals surface area contributed by atoms with E-state index in [0.717, 1.165) is 60.9 Å². The van der Waals surface area contributed by atoms with E-state index in [2.05, 4.69) is 28.9 Å². The Bertz CT molecular complexity index is 871. The third-order valence-electron chi connectivity index (χ3n) is 6.36. The molecular weight excluding hydrogens is 372 g/mol. The fourth-order valence-corrected chi connectivity index (χ4v) is 4.63. The van der Waals surface area contributed by atoms with Gasteiger partial charge in [-0.3, -0.25) is 4.79 Å². The SMILES string of the molecule is CCCCCCc1ccc(C(=O)N2CCc3nc(C)nc(N4CCCC4)c3C2)cc1. The first-order valence-electron chi connectivity index (χ1n) is 11.6. The highest BCUT2D eigenvalue weighted by Gasteiger charge is 2.28. The van der Waals surface area contributed by atoms with Crippen molar-refractivity contribution in [2.75, 3.05) is 24.5 Å². The number of hydrogen-bond acceptors (Lipinski definition) is 4. The summed E-state index contributed by atoms with van der Waals surface area (Å²) in [7, 11) is 0. The zero-order valence-corrected chi connectivity index (χ0v) is 18.5. The molecule has 1 aromatic carbocycles. The third-order valence-corrected chi connectivity index (χ3v) is 6.36. The monoisotopic (exact) mass is 406 g/mol. The molecule has 0 aliphatic carbocycles. The van der Waals surface area contributed by atoms with Crippen LogP contribution in [0, 0.1) is 6.92 Å². The largest absolute Gasteiger partial charge is 0.356 e. The Labute approximate surface area is 180 Å². The minimum absolute atomic E-state index is 0.117. The lowest BCUT2D eigenvalue weighted by Crippen LogP contribution is -2.38. The maximum absolute atomic E-state index is 13.2. The van der Waals surface area contributed by atoms with Gasteiger partial charge in [0.1, 0.15) is 11.6 Å². The first-order valence-corrected chi connectivity index (χ1v) is 11.6. The van der Waals surface area contributed by atoms with Crippen LogP contribution in [0.15, 0.2) is 24.3 Å². The number of anilines is 1. The summed E-state index contributed by atoms with van der Waals surface area (Å²) in [6, 6.07) is 8.25. The third kappa shape index (κ3) is 4.66. The van der Waals surface area contributed by atoms with Crippen molar-refractivity contribution in [2.24, 2.45) is 0 Å². The van der Waals surface area contributed by atoms with Crippen molar-refractivity contribution in [1.82, 2.24) is 14.9 Å². The van der Waals surface area contributed by atoms with E-state index in [1.165, 1.54) is 44.1 Å². The number of carbonyl (C=O) groups is 1. The number of unbranched alkanes of at least 4 members (excludes halogenated alkanes) is 3. The van der Waals surface area contributed by atoms with Crippen LogP contribution in [0.3, 0.4) is 0 Å². The molecule has 1 amide bonds. The van der Waals surface area contributed by atoms with Crippen LogP contribution in [0.4, 0.5) is 5.82 Å². The van der Waals surface area contributed by atoms with Crippen molar-refractivity contribution in [3.8, 4) is 0 Å². The summed E-state index contributed by atoms with van der Waals surface area (Å²) in [5, 5.41) is 0. The molecule has 0 bridgehead atoms. The lowest BCUT2D eigenvalue weighted by Gasteiger charge is -2.31. The summed E-state index contributed by atoms with van der Waals surface area (Å²) in [6.07, 6.45) is 9.40. The van der Waals surface area contributed by atoms with Gasteiger partial charge in [-0.1, -0.05) is 38.3 Å². The first kappa shape index (κ1) is 20.8. The molecule has 1 fully saturated rings. The van der Waals surface area contributed by atoms with Crippen LogP contribution in [-0.4, -0.2) is 40.4 Å². The topological polar surface area (TPSA) is 49.3 Å². The summed E-state index contributed by atoms with van der Waals surface area (Å²) < 4.78 is 0. The van der Waals surface area contributed by atoms with Crippen LogP contribution >= 0.6 is 0 Å². The molecule has 0 saturated carbocycles. The Balaban J connectivity index is 1.46. The Morgan fingerprint density at radius 2 is 1.77 bits per heavy atom. The number of benzene rings is 1. The summed E-state index contributed by atoms with van der Waals surface area (Å²) in [4.78, 5) is 27.0. The predicted octanol–water partition coefficient (Wildman–Crippen LogP) is 4.71. The maximum Gasteiger partial charge on any atom is 0.254 e. The van der Waals surface area contributed by atoms with Gasteiger partial charge in [-0.05, 0) is 50.3 Å². The molecule has 2 aromatic rings. The molecule has 0 N–H and O–H groups in total. The summed E-state index contributed by atoms with van der Waals surface area (Å²) in [5.41, 5.74) is 4.38. The minimum atomic E-state index is 0.117. The average Bonchev–Trinajstić information content (AvgIpc) is 3.30. The van der Waals surface area contributed by atoms with E-state index >= 15 is 0 Å². The second kappa shape index (κ2) is 9.59. The van der Waals surface area contributed by atoms with Gasteiger partial charge >= 0.3 is 0 Å². The van der Waals surface area contributed by atoms with Gasteiger partial charge in [0, 0.05) is 37.2 Å². The quantitative estimate of drug-likeness (QED) is 0.625. The summed E-state index contributed by atoms with van der Waals surface area (Å²) >= 11 is 0. The molecule has 4 rings (SSSR count). The zero-order valence-electron chi connectivity index (χ0n) is 18.5. The lowest BCUT2D eigenvalue weighted by atomic mass is 10.0. The molecule has 5 nitrogen and oxygen atoms in total. The number of carbonyl (C=O) groups excluding carboxylic acids is 1. The van der Waals surface area contributed by atoms with E-state index < -0.39 is 0 Å². The number of aryl methyl sites for hydroxylation is 2. The van der Waals surface area contributed by atoms with Crippen LogP contribution < -0.4 is 4.90 Å². The first-order chi connectivity index (χ1) is 14.7. The number of fused-ring (bicyclic) bond motifs is 1. The van der Waals surface area contributed by atoms with Gasteiger partial charge in [0.05, 0.1) is 12.2 Å². The maximum atomic E-state index is 13.2. The van der Waals surface area contributed by atoms with Gasteiger partial charge in [0.2, 0.25) is 0 Å². The molecule has 5 heteroatoms. The molecule has 0 spiro atoms. The van der Waals surface area contributed by atoms with Crippen molar-refractivity contribution in [3.63, 3.8) is 0 Å². The minimum Gasteiger partial charge on any atom is -0.356 e. The van der Waals surface area contributed by atoms with Crippen molar-refractivity contribution in [1.29, 1.82) is 0 Å². The van der Waals surface area contributed by atoms with Crippen molar-refractivity contribution < 1.29 is 4.79 Å². The molecule has 1 aromatic heterocycles. The van der Waals surface area contributed by atoms with Crippen LogP contribution in [-0.2, 0) is 19.4 Å². The van der Waals surface area contributed by atoms with E-state index in [9.17, 15) is 4.79 Å². The normalized spacial score (nSPS) is 16.1. The van der Waals surface area contributed by atoms with Gasteiger partial charge < -0.3 is 9.80 Å². The number of nitrogens with zero attached hydrogens (tertiary/aromatic N) is 4. The number of hydrogen-bond donors (Lipinski definition) is 0. The van der Waals surface area contributed by atoms with Crippen LogP contribution in [0.5, 0.6) is 0 Å². The summed E-state index contributed by atoms with van der Waals surface area (Å²) in [6.45, 7) is 7.65. The highest BCUT2D eigenvalue weighted by atomic mass is 16.2. The van der Waals surface area contributed by atoms with E-state index in [1.807, 2.05) is 24.0 Å². The Morgan fingerprint density at radius 1 is 1.00 bits per heavy atom. The molecule has 160 valence electrons. The predicted molar refractivity (Wildman–Crippen MR) is 121 cm³/mol. The van der Waals surface area contributed by atoms with Gasteiger partial charge in [-0.15, -0.1) is 0 Å². The molecule has 0 radical (unpaired) electrons. The lowest BCUT2D eigenvalue weighted by molar-refractivity contribution is 0.0733. The molecule has 2 aliphatic heterocycles. The van der Waals surface area contributed by atoms with E-state index in [4.69, 9.17) is 4.98 Å². The van der Waals surface area contributed by atoms with Crippen molar-refractivity contribution in [2.45, 2.75) is 71.8 Å². The Kier molecular flexibility index (Phi) is 6.66. The van der Waals surface area contributed by atoms with Gasteiger partial charge in [-0.2, -0.15) is 0 Å². The van der Waals surface area contributed by atoms with Gasteiger partial charge in [0.15, 0.2) is 0 Å². The number of amides is 1. The second-order valence-electron chi connectivity index (χ2n) is 8.70. The van der Waals surface area contributed by atoms with Crippen molar-refractivity contribution >= 4 is 11.7 Å². The molecule has 1 saturated heterocycles. The van der Waals surface area contributed by atoms with Gasteiger partial charge in [-0.25, -0.2) is 9.97 Å².